The minimum absolute atomic E-state index is 0.0161. The van der Waals surface area contributed by atoms with Crippen LogP contribution in [-0.4, -0.2) is 23.7 Å². The Hall–Kier alpha value is -1.46. The van der Waals surface area contributed by atoms with Gasteiger partial charge in [-0.1, -0.05) is 31.3 Å². The van der Waals surface area contributed by atoms with Crippen molar-refractivity contribution in [3.8, 4) is 5.75 Å². The molecule has 0 radical (unpaired) electrons. The lowest BCUT2D eigenvalue weighted by atomic mass is 9.88. The van der Waals surface area contributed by atoms with Gasteiger partial charge in [0.2, 0.25) is 0 Å². The molecule has 4 nitrogen and oxygen atoms in total. The van der Waals surface area contributed by atoms with E-state index >= 15 is 0 Å². The zero-order chi connectivity index (χ0) is 15.6. The molecule has 1 atom stereocenters. The van der Waals surface area contributed by atoms with Gasteiger partial charge in [-0.2, -0.15) is 0 Å². The summed E-state index contributed by atoms with van der Waals surface area (Å²) >= 11 is 1.47. The summed E-state index contributed by atoms with van der Waals surface area (Å²) in [4.78, 5) is 1.18. The molecule has 0 spiro atoms. The van der Waals surface area contributed by atoms with E-state index in [9.17, 15) is 0 Å². The smallest absolute Gasteiger partial charge is 0.119 e. The first-order chi connectivity index (χ1) is 9.88. The van der Waals surface area contributed by atoms with Crippen LogP contribution in [0.15, 0.2) is 18.2 Å². The Morgan fingerprint density at radius 2 is 2.00 bits per heavy atom. The highest BCUT2D eigenvalue weighted by Crippen LogP contribution is 2.35. The second kappa shape index (κ2) is 6.12. The number of benzene rings is 1. The Balaban J connectivity index is 2.48. The molecule has 1 heterocycles. The van der Waals surface area contributed by atoms with Crippen molar-refractivity contribution < 1.29 is 4.74 Å². The molecule has 0 bridgehead atoms. The van der Waals surface area contributed by atoms with E-state index in [-0.39, 0.29) is 11.5 Å². The molecule has 1 unspecified atom stereocenters. The van der Waals surface area contributed by atoms with Crippen molar-refractivity contribution in [2.75, 3.05) is 14.2 Å². The summed E-state index contributed by atoms with van der Waals surface area (Å²) in [6, 6.07) is 6.27. The van der Waals surface area contributed by atoms with Gasteiger partial charge >= 0.3 is 0 Å². The largest absolute Gasteiger partial charge is 0.497 e. The van der Waals surface area contributed by atoms with Gasteiger partial charge in [0.1, 0.15) is 5.75 Å². The van der Waals surface area contributed by atoms with Crippen molar-refractivity contribution in [1.82, 2.24) is 14.9 Å². The van der Waals surface area contributed by atoms with Crippen molar-refractivity contribution in [3.05, 3.63) is 39.9 Å². The molecule has 0 aliphatic carbocycles. The quantitative estimate of drug-likeness (QED) is 0.939. The van der Waals surface area contributed by atoms with Gasteiger partial charge in [-0.3, -0.25) is 0 Å². The maximum absolute atomic E-state index is 5.29. The third kappa shape index (κ3) is 3.24. The number of aromatic nitrogens is 2. The van der Waals surface area contributed by atoms with Crippen LogP contribution in [-0.2, 0) is 5.41 Å². The second-order valence-corrected chi connectivity index (χ2v) is 6.97. The first kappa shape index (κ1) is 15.9. The number of ether oxygens (including phenoxy) is 1. The van der Waals surface area contributed by atoms with Crippen molar-refractivity contribution in [3.63, 3.8) is 0 Å². The summed E-state index contributed by atoms with van der Waals surface area (Å²) in [6.45, 7) is 8.61. The van der Waals surface area contributed by atoms with Crippen LogP contribution in [0.2, 0.25) is 0 Å². The van der Waals surface area contributed by atoms with E-state index in [2.05, 4.69) is 54.7 Å². The molecule has 0 amide bonds. The topological polar surface area (TPSA) is 47.0 Å². The van der Waals surface area contributed by atoms with Crippen LogP contribution >= 0.6 is 11.5 Å². The number of hydrogen-bond donors (Lipinski definition) is 1. The molecule has 1 aromatic heterocycles. The van der Waals surface area contributed by atoms with Gasteiger partial charge in [0, 0.05) is 5.41 Å². The van der Waals surface area contributed by atoms with Crippen LogP contribution in [0.1, 0.15) is 48.5 Å². The lowest BCUT2D eigenvalue weighted by Crippen LogP contribution is -2.23. The Labute approximate surface area is 130 Å². The molecule has 0 aliphatic heterocycles. The fourth-order valence-corrected chi connectivity index (χ4v) is 3.43. The maximum atomic E-state index is 5.29. The first-order valence-corrected chi connectivity index (χ1v) is 7.80. The van der Waals surface area contributed by atoms with Crippen LogP contribution in [0.4, 0.5) is 0 Å². The molecule has 1 N–H and O–H groups in total. The molecule has 0 aliphatic rings. The van der Waals surface area contributed by atoms with E-state index in [1.807, 2.05) is 13.1 Å². The molecule has 2 rings (SSSR count). The van der Waals surface area contributed by atoms with Gasteiger partial charge in [0.25, 0.3) is 0 Å². The molecule has 0 saturated heterocycles. The SMILES string of the molecule is CNC(c1ccc(OC)cc1C)c1snnc1C(C)(C)C. The number of hydrogen-bond acceptors (Lipinski definition) is 5. The number of aryl methyl sites for hydroxylation is 1. The van der Waals surface area contributed by atoms with E-state index < -0.39 is 0 Å². The summed E-state index contributed by atoms with van der Waals surface area (Å²) < 4.78 is 9.46. The predicted molar refractivity (Wildman–Crippen MR) is 87.2 cm³/mol. The zero-order valence-electron chi connectivity index (χ0n) is 13.5. The molecule has 1 aromatic carbocycles. The number of rotatable bonds is 4. The first-order valence-electron chi connectivity index (χ1n) is 7.03. The number of nitrogens with one attached hydrogen (secondary N) is 1. The minimum Gasteiger partial charge on any atom is -0.497 e. The van der Waals surface area contributed by atoms with E-state index in [0.29, 0.717) is 0 Å². The Morgan fingerprint density at radius 1 is 1.29 bits per heavy atom. The van der Waals surface area contributed by atoms with Crippen LogP contribution < -0.4 is 10.1 Å². The van der Waals surface area contributed by atoms with Gasteiger partial charge < -0.3 is 10.1 Å². The molecule has 21 heavy (non-hydrogen) atoms. The van der Waals surface area contributed by atoms with Gasteiger partial charge in [-0.05, 0) is 48.8 Å². The van der Waals surface area contributed by atoms with E-state index in [0.717, 1.165) is 11.4 Å². The van der Waals surface area contributed by atoms with Crippen LogP contribution in [0, 0.1) is 6.92 Å². The number of nitrogens with zero attached hydrogens (tertiary/aromatic N) is 2. The molecular formula is C16H23N3OS. The lowest BCUT2D eigenvalue weighted by molar-refractivity contribution is 0.414. The van der Waals surface area contributed by atoms with Crippen LogP contribution in [0.25, 0.3) is 0 Å². The second-order valence-electron chi connectivity index (χ2n) is 6.18. The van der Waals surface area contributed by atoms with Gasteiger partial charge in [0.15, 0.2) is 0 Å². The fourth-order valence-electron chi connectivity index (χ4n) is 2.43. The van der Waals surface area contributed by atoms with E-state index in [1.54, 1.807) is 7.11 Å². The van der Waals surface area contributed by atoms with Crippen LogP contribution in [0.5, 0.6) is 5.75 Å². The summed E-state index contributed by atoms with van der Waals surface area (Å²) in [7, 11) is 3.66. The Kier molecular flexibility index (Phi) is 4.64. The summed E-state index contributed by atoms with van der Waals surface area (Å²) in [6.07, 6.45) is 0. The Bertz CT molecular complexity index is 616. The highest BCUT2D eigenvalue weighted by atomic mass is 32.1. The van der Waals surface area contributed by atoms with Gasteiger partial charge in [0.05, 0.1) is 23.7 Å². The fraction of sp³-hybridized carbons (Fsp3) is 0.500. The average molecular weight is 305 g/mol. The summed E-state index contributed by atoms with van der Waals surface area (Å²) in [5, 5.41) is 7.75. The normalized spacial score (nSPS) is 13.2. The van der Waals surface area contributed by atoms with Crippen molar-refractivity contribution in [2.45, 2.75) is 39.2 Å². The molecule has 2 aromatic rings. The van der Waals surface area contributed by atoms with E-state index in [4.69, 9.17) is 4.74 Å². The number of methoxy groups -OCH3 is 1. The van der Waals surface area contributed by atoms with Gasteiger partial charge in [-0.15, -0.1) is 5.10 Å². The average Bonchev–Trinajstić information content (AvgIpc) is 2.90. The summed E-state index contributed by atoms with van der Waals surface area (Å²) in [5.74, 6) is 0.879. The third-order valence-electron chi connectivity index (χ3n) is 3.56. The van der Waals surface area contributed by atoms with Crippen molar-refractivity contribution >= 4 is 11.5 Å². The highest BCUT2D eigenvalue weighted by Gasteiger charge is 2.28. The highest BCUT2D eigenvalue weighted by molar-refractivity contribution is 7.05. The molecule has 0 saturated carbocycles. The monoisotopic (exact) mass is 305 g/mol. The summed E-state index contributed by atoms with van der Waals surface area (Å²) in [5.41, 5.74) is 3.47. The van der Waals surface area contributed by atoms with Crippen LogP contribution in [0.3, 0.4) is 0 Å². The van der Waals surface area contributed by atoms with Gasteiger partial charge in [-0.25, -0.2) is 0 Å². The molecule has 0 fully saturated rings. The maximum Gasteiger partial charge on any atom is 0.119 e. The van der Waals surface area contributed by atoms with Crippen molar-refractivity contribution in [2.24, 2.45) is 0 Å². The Morgan fingerprint density at radius 3 is 2.52 bits per heavy atom. The molecule has 5 heteroatoms. The van der Waals surface area contributed by atoms with E-state index in [1.165, 1.54) is 27.5 Å². The standard InChI is InChI=1S/C16H23N3OS/c1-10-9-11(20-6)7-8-12(10)13(17-5)14-15(16(2,3)4)18-19-21-14/h7-9,13,17H,1-6H3. The zero-order valence-corrected chi connectivity index (χ0v) is 14.3. The third-order valence-corrected chi connectivity index (χ3v) is 4.35. The predicted octanol–water partition coefficient (Wildman–Crippen LogP) is 3.46. The van der Waals surface area contributed by atoms with Crippen molar-refractivity contribution in [1.29, 1.82) is 0 Å². The minimum atomic E-state index is -0.0161. The lowest BCUT2D eigenvalue weighted by Gasteiger charge is -2.23. The molecule has 114 valence electrons. The molecular weight excluding hydrogens is 282 g/mol.